The third-order valence-corrected chi connectivity index (χ3v) is 5.42. The van der Waals surface area contributed by atoms with E-state index in [2.05, 4.69) is 77.3 Å². The number of ether oxygens (including phenoxy) is 1. The minimum atomic E-state index is -0.642. The molecular weight excluding hydrogens is 332 g/mol. The highest BCUT2D eigenvalue weighted by Crippen LogP contribution is 2.43. The van der Waals surface area contributed by atoms with E-state index in [0.717, 1.165) is 39.3 Å². The van der Waals surface area contributed by atoms with E-state index in [-0.39, 0.29) is 0 Å². The first-order valence-corrected chi connectivity index (χ1v) is 9.14. The molecule has 0 spiro atoms. The van der Waals surface area contributed by atoms with Crippen LogP contribution in [0, 0.1) is 6.92 Å². The summed E-state index contributed by atoms with van der Waals surface area (Å²) in [4.78, 5) is 4.65. The summed E-state index contributed by atoms with van der Waals surface area (Å²) in [5.41, 5.74) is 4.76. The van der Waals surface area contributed by atoms with Crippen LogP contribution in [0.1, 0.15) is 22.5 Å². The molecule has 0 saturated heterocycles. The molecule has 1 aliphatic heterocycles. The lowest BCUT2D eigenvalue weighted by Gasteiger charge is -2.36. The van der Waals surface area contributed by atoms with Crippen molar-refractivity contribution < 1.29 is 4.74 Å². The zero-order valence-electron chi connectivity index (χ0n) is 15.4. The normalized spacial score (nSPS) is 14.7. The van der Waals surface area contributed by atoms with E-state index in [0.29, 0.717) is 0 Å². The second-order valence-corrected chi connectivity index (χ2v) is 6.97. The monoisotopic (exact) mass is 352 g/mol. The van der Waals surface area contributed by atoms with Crippen LogP contribution < -0.4 is 4.74 Å². The fraction of sp³-hybridized carbons (Fsp3) is 0.125. The number of hydrogen-bond donors (Lipinski definition) is 0. The van der Waals surface area contributed by atoms with Crippen molar-refractivity contribution in [1.82, 2.24) is 9.55 Å². The van der Waals surface area contributed by atoms with E-state index in [1.807, 2.05) is 31.2 Å². The summed E-state index contributed by atoms with van der Waals surface area (Å²) in [6.45, 7) is 2.03. The van der Waals surface area contributed by atoms with Gasteiger partial charge in [0.1, 0.15) is 11.6 Å². The van der Waals surface area contributed by atoms with Crippen LogP contribution in [0.4, 0.5) is 0 Å². The first-order valence-electron chi connectivity index (χ1n) is 9.14. The van der Waals surface area contributed by atoms with Crippen LogP contribution in [0.3, 0.4) is 0 Å². The van der Waals surface area contributed by atoms with Crippen molar-refractivity contribution in [3.05, 3.63) is 101 Å². The third-order valence-electron chi connectivity index (χ3n) is 5.42. The molecule has 0 amide bonds. The predicted octanol–water partition coefficient (Wildman–Crippen LogP) is 5.23. The van der Waals surface area contributed by atoms with Gasteiger partial charge in [-0.2, -0.15) is 0 Å². The molecule has 0 radical (unpaired) electrons. The van der Waals surface area contributed by atoms with Crippen LogP contribution >= 0.6 is 0 Å². The van der Waals surface area contributed by atoms with Gasteiger partial charge in [0.05, 0.1) is 11.0 Å². The average molecular weight is 352 g/mol. The Bertz CT molecular complexity index is 1120. The van der Waals surface area contributed by atoms with Gasteiger partial charge in [0.2, 0.25) is 0 Å². The van der Waals surface area contributed by atoms with Gasteiger partial charge in [0.15, 0.2) is 5.60 Å². The van der Waals surface area contributed by atoms with Gasteiger partial charge in [0, 0.05) is 23.7 Å². The maximum Gasteiger partial charge on any atom is 0.178 e. The quantitative estimate of drug-likeness (QED) is 0.494. The molecule has 0 atom stereocenters. The summed E-state index contributed by atoms with van der Waals surface area (Å²) >= 11 is 0. The number of hydrogen-bond acceptors (Lipinski definition) is 2. The predicted molar refractivity (Wildman–Crippen MR) is 109 cm³/mol. The van der Waals surface area contributed by atoms with E-state index in [4.69, 9.17) is 4.74 Å². The Morgan fingerprint density at radius 3 is 2.11 bits per heavy atom. The Hall–Kier alpha value is -3.33. The summed E-state index contributed by atoms with van der Waals surface area (Å²) in [5.74, 6) is 1.87. The van der Waals surface area contributed by atoms with Crippen LogP contribution in [0.5, 0.6) is 5.75 Å². The van der Waals surface area contributed by atoms with Crippen molar-refractivity contribution in [1.29, 1.82) is 0 Å². The van der Waals surface area contributed by atoms with Crippen molar-refractivity contribution >= 4 is 17.1 Å². The number of benzene rings is 3. The topological polar surface area (TPSA) is 27.1 Å². The summed E-state index contributed by atoms with van der Waals surface area (Å²) in [5, 5.41) is 0. The lowest BCUT2D eigenvalue weighted by Crippen LogP contribution is -2.34. The maximum absolute atomic E-state index is 6.74. The number of nitrogens with zero attached hydrogens (tertiary/aromatic N) is 2. The fourth-order valence-electron chi connectivity index (χ4n) is 3.94. The summed E-state index contributed by atoms with van der Waals surface area (Å²) < 4.78 is 8.86. The van der Waals surface area contributed by atoms with Crippen LogP contribution in [-0.2, 0) is 12.6 Å². The zero-order chi connectivity index (χ0) is 18.4. The molecule has 0 bridgehead atoms. The largest absolute Gasteiger partial charge is 0.473 e. The standard InChI is InChI=1S/C24H20N2O/c1-17-25-21-13-14-22-20(23(21)26(17)2)15-16-24(27-22,18-9-5-3-6-10-18)19-11-7-4-8-12-19/h3-16H,1-2H3. The van der Waals surface area contributed by atoms with Gasteiger partial charge in [0.25, 0.3) is 0 Å². The summed E-state index contributed by atoms with van der Waals surface area (Å²) in [6, 6.07) is 24.8. The summed E-state index contributed by atoms with van der Waals surface area (Å²) in [6.07, 6.45) is 4.35. The molecule has 3 nitrogen and oxygen atoms in total. The van der Waals surface area contributed by atoms with E-state index < -0.39 is 5.60 Å². The molecule has 27 heavy (non-hydrogen) atoms. The number of imidazole rings is 1. The van der Waals surface area contributed by atoms with Gasteiger partial charge in [-0.3, -0.25) is 0 Å². The van der Waals surface area contributed by atoms with Gasteiger partial charge < -0.3 is 9.30 Å². The van der Waals surface area contributed by atoms with Gasteiger partial charge in [-0.25, -0.2) is 4.98 Å². The fourth-order valence-corrected chi connectivity index (χ4v) is 3.94. The van der Waals surface area contributed by atoms with Crippen molar-refractivity contribution in [3.63, 3.8) is 0 Å². The molecule has 3 aromatic carbocycles. The molecular formula is C24H20N2O. The Kier molecular flexibility index (Phi) is 3.44. The lowest BCUT2D eigenvalue weighted by atomic mass is 9.83. The summed E-state index contributed by atoms with van der Waals surface area (Å²) in [7, 11) is 2.05. The zero-order valence-corrected chi connectivity index (χ0v) is 15.4. The second kappa shape index (κ2) is 5.85. The SMILES string of the molecule is Cc1nc2ccc3c(c2n1C)C=CC(c1ccccc1)(c1ccccc1)O3. The lowest BCUT2D eigenvalue weighted by molar-refractivity contribution is 0.161. The Morgan fingerprint density at radius 2 is 1.48 bits per heavy atom. The van der Waals surface area contributed by atoms with Gasteiger partial charge in [-0.15, -0.1) is 0 Å². The minimum Gasteiger partial charge on any atom is -0.473 e. The highest BCUT2D eigenvalue weighted by atomic mass is 16.5. The molecule has 0 N–H and O–H groups in total. The highest BCUT2D eigenvalue weighted by Gasteiger charge is 2.37. The van der Waals surface area contributed by atoms with Crippen molar-refractivity contribution in [2.24, 2.45) is 7.05 Å². The molecule has 0 fully saturated rings. The molecule has 3 heteroatoms. The van der Waals surface area contributed by atoms with Gasteiger partial charge >= 0.3 is 0 Å². The van der Waals surface area contributed by atoms with Crippen LogP contribution in [-0.4, -0.2) is 9.55 Å². The van der Waals surface area contributed by atoms with Crippen molar-refractivity contribution in [2.45, 2.75) is 12.5 Å². The highest BCUT2D eigenvalue weighted by molar-refractivity contribution is 5.90. The Labute approximate surface area is 158 Å². The molecule has 0 aliphatic carbocycles. The number of rotatable bonds is 2. The smallest absolute Gasteiger partial charge is 0.178 e. The van der Waals surface area contributed by atoms with E-state index in [1.165, 1.54) is 0 Å². The van der Waals surface area contributed by atoms with Crippen molar-refractivity contribution in [3.8, 4) is 5.75 Å². The second-order valence-electron chi connectivity index (χ2n) is 6.97. The van der Waals surface area contributed by atoms with Gasteiger partial charge in [-0.1, -0.05) is 60.7 Å². The first kappa shape index (κ1) is 15.9. The average Bonchev–Trinajstić information content (AvgIpc) is 3.03. The first-order chi connectivity index (χ1) is 13.2. The number of aromatic nitrogens is 2. The molecule has 0 unspecified atom stereocenters. The number of fused-ring (bicyclic) bond motifs is 3. The maximum atomic E-state index is 6.74. The molecule has 1 aromatic heterocycles. The van der Waals surface area contributed by atoms with E-state index >= 15 is 0 Å². The van der Waals surface area contributed by atoms with E-state index in [9.17, 15) is 0 Å². The Morgan fingerprint density at radius 1 is 0.852 bits per heavy atom. The van der Waals surface area contributed by atoms with Crippen LogP contribution in [0.15, 0.2) is 78.9 Å². The Balaban J connectivity index is 1.76. The van der Waals surface area contributed by atoms with Gasteiger partial charge in [-0.05, 0) is 31.2 Å². The molecule has 5 rings (SSSR count). The molecule has 4 aromatic rings. The number of aryl methyl sites for hydroxylation is 2. The molecule has 1 aliphatic rings. The molecule has 0 saturated carbocycles. The van der Waals surface area contributed by atoms with E-state index in [1.54, 1.807) is 0 Å². The van der Waals surface area contributed by atoms with Crippen molar-refractivity contribution in [2.75, 3.05) is 0 Å². The van der Waals surface area contributed by atoms with Crippen LogP contribution in [0.25, 0.3) is 17.1 Å². The molecule has 132 valence electrons. The molecule has 2 heterocycles. The minimum absolute atomic E-state index is 0.642. The third kappa shape index (κ3) is 2.32. The van der Waals surface area contributed by atoms with Crippen LogP contribution in [0.2, 0.25) is 0 Å².